The van der Waals surface area contributed by atoms with Gasteiger partial charge in [-0.2, -0.15) is 0 Å². The number of morpholine rings is 1. The highest BCUT2D eigenvalue weighted by molar-refractivity contribution is 6.14. The maximum absolute atomic E-state index is 12.7. The molecule has 2 aliphatic heterocycles. The van der Waals surface area contributed by atoms with Crippen molar-refractivity contribution in [1.29, 1.82) is 0 Å². The van der Waals surface area contributed by atoms with Crippen molar-refractivity contribution in [2.45, 2.75) is 32.9 Å². The summed E-state index contributed by atoms with van der Waals surface area (Å²) in [6.07, 6.45) is 0.127. The van der Waals surface area contributed by atoms with Crippen LogP contribution in [0.2, 0.25) is 0 Å². The molecule has 2 heterocycles. The van der Waals surface area contributed by atoms with E-state index >= 15 is 0 Å². The van der Waals surface area contributed by atoms with Gasteiger partial charge in [0.25, 0.3) is 5.91 Å². The minimum absolute atomic E-state index is 0.127. The van der Waals surface area contributed by atoms with Crippen LogP contribution in [0.4, 0.5) is 10.5 Å². The van der Waals surface area contributed by atoms with Gasteiger partial charge in [-0.05, 0) is 32.9 Å². The van der Waals surface area contributed by atoms with E-state index in [1.165, 1.54) is 4.90 Å². The van der Waals surface area contributed by atoms with Gasteiger partial charge in [0.1, 0.15) is 6.04 Å². The molecule has 2 atom stereocenters. The first-order chi connectivity index (χ1) is 11.0. The normalized spacial score (nSPS) is 26.2. The van der Waals surface area contributed by atoms with Gasteiger partial charge < -0.3 is 4.74 Å². The molecule has 0 bridgehead atoms. The predicted molar refractivity (Wildman–Crippen MR) is 87.2 cm³/mol. The largest absolute Gasteiger partial charge is 0.376 e. The fourth-order valence-corrected chi connectivity index (χ4v) is 3.11. The van der Waals surface area contributed by atoms with Gasteiger partial charge in [-0.25, -0.2) is 9.69 Å². The van der Waals surface area contributed by atoms with Gasteiger partial charge in [-0.1, -0.05) is 17.7 Å². The second-order valence-electron chi connectivity index (χ2n) is 6.33. The number of amides is 3. The van der Waals surface area contributed by atoms with Crippen LogP contribution in [0.3, 0.4) is 0 Å². The Hall–Kier alpha value is -1.92. The number of benzene rings is 1. The molecule has 2 aliphatic rings. The minimum atomic E-state index is -0.469. The first-order valence-corrected chi connectivity index (χ1v) is 8.02. The summed E-state index contributed by atoms with van der Waals surface area (Å²) in [5.74, 6) is -0.144. The second-order valence-corrected chi connectivity index (χ2v) is 6.33. The molecule has 0 spiro atoms. The van der Waals surface area contributed by atoms with Gasteiger partial charge in [0.15, 0.2) is 0 Å². The number of ether oxygens (including phenoxy) is 1. The highest BCUT2D eigenvalue weighted by atomic mass is 16.5. The van der Waals surface area contributed by atoms with Crippen LogP contribution in [0.15, 0.2) is 24.3 Å². The summed E-state index contributed by atoms with van der Waals surface area (Å²) in [5, 5.41) is 0. The number of carbonyl (C=O) groups excluding carboxylic acids is 2. The van der Waals surface area contributed by atoms with Crippen molar-refractivity contribution >= 4 is 17.6 Å². The Morgan fingerprint density at radius 3 is 2.52 bits per heavy atom. The average molecular weight is 317 g/mol. The molecule has 0 unspecified atom stereocenters. The number of anilines is 1. The highest BCUT2D eigenvalue weighted by Crippen LogP contribution is 2.26. The number of aryl methyl sites for hydroxylation is 1. The molecule has 0 aliphatic carbocycles. The standard InChI is InChI=1S/C17H23N3O3/c1-12-4-6-15(7-5-12)20-14(3)16(21)19(17(20)22)11-18-8-9-23-13(2)10-18/h4-7,13-14H,8-11H2,1-3H3/t13-,14-/m0/s1. The van der Waals surface area contributed by atoms with Crippen molar-refractivity contribution in [3.63, 3.8) is 0 Å². The van der Waals surface area contributed by atoms with E-state index in [1.54, 1.807) is 11.8 Å². The van der Waals surface area contributed by atoms with Crippen LogP contribution in [-0.2, 0) is 9.53 Å². The van der Waals surface area contributed by atoms with Gasteiger partial charge in [-0.3, -0.25) is 14.6 Å². The van der Waals surface area contributed by atoms with E-state index in [4.69, 9.17) is 4.74 Å². The van der Waals surface area contributed by atoms with Crippen LogP contribution in [0.25, 0.3) is 0 Å². The fraction of sp³-hybridized carbons (Fsp3) is 0.529. The lowest BCUT2D eigenvalue weighted by atomic mass is 10.2. The van der Waals surface area contributed by atoms with Gasteiger partial charge >= 0.3 is 6.03 Å². The quantitative estimate of drug-likeness (QED) is 0.798. The Labute approximate surface area is 136 Å². The van der Waals surface area contributed by atoms with Crippen LogP contribution >= 0.6 is 0 Å². The first kappa shape index (κ1) is 16.0. The number of carbonyl (C=O) groups is 2. The third-order valence-electron chi connectivity index (χ3n) is 4.43. The monoisotopic (exact) mass is 317 g/mol. The number of rotatable bonds is 3. The maximum Gasteiger partial charge on any atom is 0.333 e. The summed E-state index contributed by atoms with van der Waals surface area (Å²) in [6.45, 7) is 8.21. The lowest BCUT2D eigenvalue weighted by Crippen LogP contribution is -2.48. The molecule has 0 aromatic heterocycles. The fourth-order valence-electron chi connectivity index (χ4n) is 3.11. The van der Waals surface area contributed by atoms with Gasteiger partial charge in [0, 0.05) is 18.8 Å². The average Bonchev–Trinajstić information content (AvgIpc) is 2.73. The van der Waals surface area contributed by atoms with Crippen molar-refractivity contribution < 1.29 is 14.3 Å². The lowest BCUT2D eigenvalue weighted by Gasteiger charge is -2.33. The number of nitrogens with zero attached hydrogens (tertiary/aromatic N) is 3. The van der Waals surface area contributed by atoms with Crippen LogP contribution in [0.1, 0.15) is 19.4 Å². The molecule has 1 aromatic carbocycles. The molecule has 124 valence electrons. The van der Waals surface area contributed by atoms with Crippen LogP contribution in [0, 0.1) is 6.92 Å². The second kappa shape index (κ2) is 6.29. The van der Waals surface area contributed by atoms with E-state index in [1.807, 2.05) is 38.1 Å². The maximum atomic E-state index is 12.7. The van der Waals surface area contributed by atoms with Crippen molar-refractivity contribution in [1.82, 2.24) is 9.80 Å². The summed E-state index contributed by atoms with van der Waals surface area (Å²) in [6, 6.07) is 6.96. The summed E-state index contributed by atoms with van der Waals surface area (Å²) in [5.41, 5.74) is 1.89. The molecule has 3 amide bonds. The first-order valence-electron chi connectivity index (χ1n) is 8.02. The number of hydrogen-bond donors (Lipinski definition) is 0. The molecule has 2 fully saturated rings. The Balaban J connectivity index is 1.76. The molecule has 6 heteroatoms. The van der Waals surface area contributed by atoms with Crippen molar-refractivity contribution in [2.24, 2.45) is 0 Å². The van der Waals surface area contributed by atoms with Crippen LogP contribution in [0.5, 0.6) is 0 Å². The van der Waals surface area contributed by atoms with E-state index in [-0.39, 0.29) is 18.0 Å². The summed E-state index contributed by atoms with van der Waals surface area (Å²) in [7, 11) is 0. The zero-order chi connectivity index (χ0) is 16.6. The third kappa shape index (κ3) is 3.09. The SMILES string of the molecule is Cc1ccc(N2C(=O)N(CN3CCO[C@@H](C)C3)C(=O)[C@@H]2C)cc1. The van der Waals surface area contributed by atoms with Crippen LogP contribution in [-0.4, -0.2) is 60.2 Å². The number of urea groups is 1. The molecular formula is C17H23N3O3. The molecular weight excluding hydrogens is 294 g/mol. The molecule has 2 saturated heterocycles. The molecule has 1 aromatic rings. The van der Waals surface area contributed by atoms with Crippen molar-refractivity contribution in [3.05, 3.63) is 29.8 Å². The zero-order valence-electron chi connectivity index (χ0n) is 13.9. The van der Waals surface area contributed by atoms with E-state index in [0.717, 1.165) is 24.3 Å². The lowest BCUT2D eigenvalue weighted by molar-refractivity contribution is -0.129. The number of hydrogen-bond acceptors (Lipinski definition) is 4. The number of imide groups is 1. The summed E-state index contributed by atoms with van der Waals surface area (Å²) >= 11 is 0. The minimum Gasteiger partial charge on any atom is -0.376 e. The van der Waals surface area contributed by atoms with Gasteiger partial charge in [0.05, 0.1) is 19.4 Å². The highest BCUT2D eigenvalue weighted by Gasteiger charge is 2.44. The Bertz CT molecular complexity index is 602. The van der Waals surface area contributed by atoms with E-state index in [0.29, 0.717) is 13.3 Å². The van der Waals surface area contributed by atoms with E-state index in [2.05, 4.69) is 4.90 Å². The third-order valence-corrected chi connectivity index (χ3v) is 4.43. The smallest absolute Gasteiger partial charge is 0.333 e. The Morgan fingerprint density at radius 2 is 1.87 bits per heavy atom. The molecule has 0 N–H and O–H groups in total. The topological polar surface area (TPSA) is 53.1 Å². The Kier molecular flexibility index (Phi) is 4.37. The van der Waals surface area contributed by atoms with Crippen molar-refractivity contribution in [3.8, 4) is 0 Å². The molecule has 0 radical (unpaired) electrons. The van der Waals surface area contributed by atoms with E-state index < -0.39 is 6.04 Å². The van der Waals surface area contributed by atoms with Crippen molar-refractivity contribution in [2.75, 3.05) is 31.3 Å². The van der Waals surface area contributed by atoms with Crippen LogP contribution < -0.4 is 4.90 Å². The summed E-state index contributed by atoms with van der Waals surface area (Å²) < 4.78 is 5.51. The predicted octanol–water partition coefficient (Wildman–Crippen LogP) is 1.83. The van der Waals surface area contributed by atoms with E-state index in [9.17, 15) is 9.59 Å². The van der Waals surface area contributed by atoms with Gasteiger partial charge in [-0.15, -0.1) is 0 Å². The Morgan fingerprint density at radius 1 is 1.17 bits per heavy atom. The zero-order valence-corrected chi connectivity index (χ0v) is 13.9. The molecule has 3 rings (SSSR count). The summed E-state index contributed by atoms with van der Waals surface area (Å²) in [4.78, 5) is 30.3. The van der Waals surface area contributed by atoms with Gasteiger partial charge in [0.2, 0.25) is 0 Å². The molecule has 6 nitrogen and oxygen atoms in total. The molecule has 0 saturated carbocycles. The molecule has 23 heavy (non-hydrogen) atoms.